The van der Waals surface area contributed by atoms with Crippen LogP contribution < -0.4 is 5.01 Å². The summed E-state index contributed by atoms with van der Waals surface area (Å²) in [5.41, 5.74) is 1.86. The van der Waals surface area contributed by atoms with E-state index in [0.717, 1.165) is 0 Å². The van der Waals surface area contributed by atoms with Crippen molar-refractivity contribution in [1.82, 2.24) is 0 Å². The summed E-state index contributed by atoms with van der Waals surface area (Å²) >= 11 is 0. The summed E-state index contributed by atoms with van der Waals surface area (Å²) in [6.07, 6.45) is 0. The second-order valence-electron chi connectivity index (χ2n) is 4.86. The van der Waals surface area contributed by atoms with Crippen LogP contribution in [0.4, 0.5) is 11.4 Å². The zero-order valence-corrected chi connectivity index (χ0v) is 11.9. The monoisotopic (exact) mass is 294 g/mol. The summed E-state index contributed by atoms with van der Waals surface area (Å²) < 4.78 is 0. The number of para-hydroxylation sites is 1. The molecule has 2 aromatic carbocycles. The Morgan fingerprint density at radius 2 is 1.77 bits per heavy atom. The zero-order valence-electron chi connectivity index (χ0n) is 11.9. The summed E-state index contributed by atoms with van der Waals surface area (Å²) in [7, 11) is 0. The normalized spacial score (nSPS) is 18.0. The van der Waals surface area contributed by atoms with Crippen LogP contribution in [0, 0.1) is 0 Å². The first-order chi connectivity index (χ1) is 10.6. The predicted octanol–water partition coefficient (Wildman–Crippen LogP) is 3.27. The highest BCUT2D eigenvalue weighted by Gasteiger charge is 2.34. The molecule has 0 aromatic heterocycles. The highest BCUT2D eigenvalue weighted by Crippen LogP contribution is 2.23. The van der Waals surface area contributed by atoms with E-state index in [1.807, 2.05) is 30.3 Å². The van der Waals surface area contributed by atoms with Crippen molar-refractivity contribution in [2.24, 2.45) is 15.3 Å². The Morgan fingerprint density at radius 3 is 2.45 bits per heavy atom. The minimum Gasteiger partial charge on any atom is -0.508 e. The molecule has 0 unspecified atom stereocenters. The van der Waals surface area contributed by atoms with E-state index in [2.05, 4.69) is 15.3 Å². The summed E-state index contributed by atoms with van der Waals surface area (Å²) in [6.45, 7) is 1.75. The highest BCUT2D eigenvalue weighted by molar-refractivity contribution is 6.18. The second-order valence-corrected chi connectivity index (χ2v) is 4.86. The molecule has 0 radical (unpaired) electrons. The van der Waals surface area contributed by atoms with Gasteiger partial charge in [-0.15, -0.1) is 0 Å². The molecule has 0 spiro atoms. The number of hydrogen-bond acceptors (Lipinski definition) is 5. The van der Waals surface area contributed by atoms with Crippen LogP contribution in [0.2, 0.25) is 0 Å². The molecule has 6 nitrogen and oxygen atoms in total. The number of phenolic OH excluding ortho intramolecular Hbond substituents is 1. The first-order valence-electron chi connectivity index (χ1n) is 6.79. The lowest BCUT2D eigenvalue weighted by Crippen LogP contribution is -2.29. The fraction of sp³-hybridized carbons (Fsp3) is 0.125. The SMILES string of the molecule is CC1=NN(c2ccccc2)C(=O)[C@@H]1N=Nc1ccc(O)cc1. The number of nitrogens with zero attached hydrogens (tertiary/aromatic N) is 4. The Kier molecular flexibility index (Phi) is 3.65. The van der Waals surface area contributed by atoms with E-state index in [4.69, 9.17) is 0 Å². The molecule has 1 aliphatic heterocycles. The van der Waals surface area contributed by atoms with Crippen molar-refractivity contribution in [3.8, 4) is 5.75 Å². The smallest absolute Gasteiger partial charge is 0.280 e. The molecule has 1 atom stereocenters. The Balaban J connectivity index is 1.80. The van der Waals surface area contributed by atoms with Crippen molar-refractivity contribution in [1.29, 1.82) is 0 Å². The van der Waals surface area contributed by atoms with Gasteiger partial charge < -0.3 is 5.11 Å². The molecular formula is C16H14N4O2. The van der Waals surface area contributed by atoms with Gasteiger partial charge >= 0.3 is 0 Å². The van der Waals surface area contributed by atoms with E-state index >= 15 is 0 Å². The summed E-state index contributed by atoms with van der Waals surface area (Å²) in [4.78, 5) is 12.4. The van der Waals surface area contributed by atoms with Crippen molar-refractivity contribution in [3.63, 3.8) is 0 Å². The third-order valence-electron chi connectivity index (χ3n) is 3.24. The van der Waals surface area contributed by atoms with Gasteiger partial charge in [-0.25, -0.2) is 0 Å². The van der Waals surface area contributed by atoms with Crippen molar-refractivity contribution in [3.05, 3.63) is 54.6 Å². The highest BCUT2D eigenvalue weighted by atomic mass is 16.3. The molecule has 1 aliphatic rings. The Hall–Kier alpha value is -3.02. The van der Waals surface area contributed by atoms with Gasteiger partial charge in [0.2, 0.25) is 0 Å². The Bertz CT molecular complexity index is 739. The summed E-state index contributed by atoms with van der Waals surface area (Å²) in [6, 6.07) is 14.8. The van der Waals surface area contributed by atoms with Crippen LogP contribution in [0.1, 0.15) is 6.92 Å². The third-order valence-corrected chi connectivity index (χ3v) is 3.24. The molecule has 2 aromatic rings. The van der Waals surface area contributed by atoms with Crippen LogP contribution in [-0.4, -0.2) is 22.8 Å². The van der Waals surface area contributed by atoms with Crippen LogP contribution in [-0.2, 0) is 4.79 Å². The summed E-state index contributed by atoms with van der Waals surface area (Å²) in [5, 5.41) is 23.0. The van der Waals surface area contributed by atoms with E-state index in [1.165, 1.54) is 17.1 Å². The number of hydrazone groups is 1. The minimum atomic E-state index is -0.714. The number of hydrogen-bond donors (Lipinski definition) is 1. The van der Waals surface area contributed by atoms with E-state index in [1.54, 1.807) is 19.1 Å². The topological polar surface area (TPSA) is 77.6 Å². The molecule has 22 heavy (non-hydrogen) atoms. The number of carbonyl (C=O) groups excluding carboxylic acids is 1. The maximum atomic E-state index is 12.4. The van der Waals surface area contributed by atoms with Crippen LogP contribution in [0.3, 0.4) is 0 Å². The molecule has 1 heterocycles. The molecule has 0 bridgehead atoms. The van der Waals surface area contributed by atoms with Crippen molar-refractivity contribution in [2.75, 3.05) is 5.01 Å². The molecule has 1 amide bonds. The average Bonchev–Trinajstić information content (AvgIpc) is 2.82. The van der Waals surface area contributed by atoms with E-state index in [0.29, 0.717) is 17.1 Å². The lowest BCUT2D eigenvalue weighted by Gasteiger charge is -2.11. The number of anilines is 1. The maximum absolute atomic E-state index is 12.4. The van der Waals surface area contributed by atoms with Crippen molar-refractivity contribution >= 4 is 23.0 Å². The van der Waals surface area contributed by atoms with Gasteiger partial charge in [0.1, 0.15) is 5.75 Å². The van der Waals surface area contributed by atoms with Crippen molar-refractivity contribution in [2.45, 2.75) is 13.0 Å². The number of amides is 1. The molecule has 110 valence electrons. The second kappa shape index (κ2) is 5.77. The lowest BCUT2D eigenvalue weighted by atomic mass is 10.2. The molecule has 6 heteroatoms. The minimum absolute atomic E-state index is 0.156. The maximum Gasteiger partial charge on any atom is 0.280 e. The van der Waals surface area contributed by atoms with Gasteiger partial charge in [0.25, 0.3) is 5.91 Å². The van der Waals surface area contributed by atoms with Gasteiger partial charge in [0.05, 0.1) is 17.1 Å². The lowest BCUT2D eigenvalue weighted by molar-refractivity contribution is -0.117. The van der Waals surface area contributed by atoms with Gasteiger partial charge in [-0.2, -0.15) is 20.3 Å². The molecule has 0 aliphatic carbocycles. The van der Waals surface area contributed by atoms with E-state index < -0.39 is 6.04 Å². The zero-order chi connectivity index (χ0) is 15.5. The fourth-order valence-electron chi connectivity index (χ4n) is 2.09. The number of rotatable bonds is 3. The van der Waals surface area contributed by atoms with Gasteiger partial charge in [-0.1, -0.05) is 18.2 Å². The van der Waals surface area contributed by atoms with Gasteiger partial charge in [-0.3, -0.25) is 4.79 Å². The number of azo groups is 1. The Labute approximate surface area is 127 Å². The third kappa shape index (κ3) is 2.71. The van der Waals surface area contributed by atoms with Gasteiger partial charge in [0.15, 0.2) is 6.04 Å². The average molecular weight is 294 g/mol. The van der Waals surface area contributed by atoms with Crippen LogP contribution >= 0.6 is 0 Å². The molecule has 3 rings (SSSR count). The number of phenols is 1. The first kappa shape index (κ1) is 13.9. The molecule has 0 saturated carbocycles. The van der Waals surface area contributed by atoms with Gasteiger partial charge in [0, 0.05) is 0 Å². The van der Waals surface area contributed by atoms with E-state index in [-0.39, 0.29) is 11.7 Å². The fourth-order valence-corrected chi connectivity index (χ4v) is 2.09. The molecule has 0 saturated heterocycles. The van der Waals surface area contributed by atoms with Crippen LogP contribution in [0.15, 0.2) is 69.9 Å². The molecular weight excluding hydrogens is 280 g/mol. The number of aromatic hydroxyl groups is 1. The van der Waals surface area contributed by atoms with Crippen molar-refractivity contribution < 1.29 is 9.90 Å². The first-order valence-corrected chi connectivity index (χ1v) is 6.79. The van der Waals surface area contributed by atoms with E-state index in [9.17, 15) is 9.90 Å². The standard InChI is InChI=1S/C16H14N4O2/c1-11-15(18-17-12-7-9-14(21)10-8-12)16(22)20(19-11)13-5-3-2-4-6-13/h2-10,15,21H,1H3/t15-/m1/s1. The summed E-state index contributed by atoms with van der Waals surface area (Å²) in [5.74, 6) is -0.0740. The number of benzene rings is 2. The largest absolute Gasteiger partial charge is 0.508 e. The Morgan fingerprint density at radius 1 is 1.09 bits per heavy atom. The number of carbonyl (C=O) groups is 1. The molecule has 0 fully saturated rings. The van der Waals surface area contributed by atoms with Crippen LogP contribution in [0.25, 0.3) is 0 Å². The quantitative estimate of drug-likeness (QED) is 0.882. The predicted molar refractivity (Wildman–Crippen MR) is 83.4 cm³/mol. The molecule has 1 N–H and O–H groups in total. The van der Waals surface area contributed by atoms with Crippen LogP contribution in [0.5, 0.6) is 5.75 Å². The van der Waals surface area contributed by atoms with Gasteiger partial charge in [-0.05, 0) is 43.3 Å².